The number of nitrogens with one attached hydrogen (secondary N) is 1. The molecular weight excluding hydrogens is 352 g/mol. The van der Waals surface area contributed by atoms with Gasteiger partial charge >= 0.3 is 0 Å². The largest absolute Gasteiger partial charge is 0.493 e. The first-order chi connectivity index (χ1) is 13.0. The lowest BCUT2D eigenvalue weighted by molar-refractivity contribution is -0.385. The summed E-state index contributed by atoms with van der Waals surface area (Å²) in [7, 11) is 1.39. The molecule has 2 aromatic carbocycles. The molecule has 0 aliphatic carbocycles. The van der Waals surface area contributed by atoms with E-state index in [1.807, 2.05) is 24.3 Å². The van der Waals surface area contributed by atoms with E-state index in [2.05, 4.69) is 5.32 Å². The van der Waals surface area contributed by atoms with Gasteiger partial charge in [-0.05, 0) is 13.0 Å². The fourth-order valence-corrected chi connectivity index (χ4v) is 3.04. The summed E-state index contributed by atoms with van der Waals surface area (Å²) in [6.45, 7) is 2.57. The van der Waals surface area contributed by atoms with Crippen LogP contribution in [0.25, 0.3) is 0 Å². The van der Waals surface area contributed by atoms with E-state index in [9.17, 15) is 14.9 Å². The van der Waals surface area contributed by atoms with E-state index in [0.29, 0.717) is 25.4 Å². The van der Waals surface area contributed by atoms with Crippen molar-refractivity contribution < 1.29 is 23.9 Å². The highest BCUT2D eigenvalue weighted by molar-refractivity contribution is 5.99. The fraction of sp³-hybridized carbons (Fsp3) is 0.316. The quantitative estimate of drug-likeness (QED) is 0.617. The van der Waals surface area contributed by atoms with E-state index >= 15 is 0 Å². The van der Waals surface area contributed by atoms with E-state index < -0.39 is 10.8 Å². The van der Waals surface area contributed by atoms with Crippen molar-refractivity contribution in [1.82, 2.24) is 5.32 Å². The van der Waals surface area contributed by atoms with Gasteiger partial charge in [0.25, 0.3) is 11.6 Å². The molecule has 1 N–H and O–H groups in total. The minimum atomic E-state index is -0.606. The summed E-state index contributed by atoms with van der Waals surface area (Å²) in [6, 6.07) is 9.67. The van der Waals surface area contributed by atoms with Crippen molar-refractivity contribution in [3.8, 4) is 17.2 Å². The van der Waals surface area contributed by atoms with Gasteiger partial charge in [0.15, 0.2) is 11.5 Å². The molecule has 0 spiro atoms. The SMILES string of the molecule is CCOc1cc(C(=O)NC2CCOc3ccccc32)c([N+](=O)[O-])cc1OC. The topological polar surface area (TPSA) is 99.9 Å². The van der Waals surface area contributed by atoms with Crippen LogP contribution < -0.4 is 19.5 Å². The molecule has 1 aliphatic rings. The molecular formula is C19H20N2O6. The summed E-state index contributed by atoms with van der Waals surface area (Å²) >= 11 is 0. The average molecular weight is 372 g/mol. The summed E-state index contributed by atoms with van der Waals surface area (Å²) in [6.07, 6.45) is 0.574. The lowest BCUT2D eigenvalue weighted by Crippen LogP contribution is -2.32. The Balaban J connectivity index is 1.94. The Morgan fingerprint density at radius 2 is 2.11 bits per heavy atom. The number of ether oxygens (including phenoxy) is 3. The van der Waals surface area contributed by atoms with Crippen molar-refractivity contribution in [3.05, 3.63) is 57.6 Å². The zero-order valence-corrected chi connectivity index (χ0v) is 15.1. The number of rotatable bonds is 6. The molecule has 8 nitrogen and oxygen atoms in total. The molecule has 1 heterocycles. The molecule has 0 radical (unpaired) electrons. The maximum atomic E-state index is 12.9. The van der Waals surface area contributed by atoms with Crippen LogP contribution in [0.2, 0.25) is 0 Å². The Morgan fingerprint density at radius 3 is 2.81 bits per heavy atom. The van der Waals surface area contributed by atoms with Crippen LogP contribution in [0.15, 0.2) is 36.4 Å². The van der Waals surface area contributed by atoms with Crippen LogP contribution in [-0.4, -0.2) is 31.2 Å². The second kappa shape index (κ2) is 7.94. The first-order valence-corrected chi connectivity index (χ1v) is 8.57. The number of hydrogen-bond donors (Lipinski definition) is 1. The molecule has 3 rings (SSSR count). The number of nitro benzene ring substituents is 1. The first kappa shape index (κ1) is 18.5. The summed E-state index contributed by atoms with van der Waals surface area (Å²) in [4.78, 5) is 23.7. The lowest BCUT2D eigenvalue weighted by atomic mass is 10.00. The average Bonchev–Trinajstić information content (AvgIpc) is 2.68. The molecule has 1 aliphatic heterocycles. The molecule has 27 heavy (non-hydrogen) atoms. The Bertz CT molecular complexity index is 867. The number of carbonyl (C=O) groups excluding carboxylic acids is 1. The third-order valence-corrected chi connectivity index (χ3v) is 4.29. The van der Waals surface area contributed by atoms with Crippen molar-refractivity contribution >= 4 is 11.6 Å². The fourth-order valence-electron chi connectivity index (χ4n) is 3.04. The number of hydrogen-bond acceptors (Lipinski definition) is 6. The molecule has 0 fully saturated rings. The van der Waals surface area contributed by atoms with Gasteiger partial charge in [0.05, 0.1) is 37.4 Å². The van der Waals surface area contributed by atoms with E-state index in [1.54, 1.807) is 6.92 Å². The van der Waals surface area contributed by atoms with Crippen LogP contribution in [0.5, 0.6) is 17.2 Å². The summed E-state index contributed by atoms with van der Waals surface area (Å²) < 4.78 is 16.2. The summed E-state index contributed by atoms with van der Waals surface area (Å²) in [5.74, 6) is 0.639. The van der Waals surface area contributed by atoms with Crippen LogP contribution in [0.4, 0.5) is 5.69 Å². The van der Waals surface area contributed by atoms with Crippen LogP contribution in [0.1, 0.15) is 35.3 Å². The number of nitrogens with zero attached hydrogens (tertiary/aromatic N) is 1. The van der Waals surface area contributed by atoms with Crippen LogP contribution >= 0.6 is 0 Å². The zero-order valence-electron chi connectivity index (χ0n) is 15.1. The van der Waals surface area contributed by atoms with Gasteiger partial charge in [-0.15, -0.1) is 0 Å². The van der Waals surface area contributed by atoms with Crippen molar-refractivity contribution in [2.75, 3.05) is 20.3 Å². The van der Waals surface area contributed by atoms with Gasteiger partial charge in [-0.25, -0.2) is 0 Å². The minimum absolute atomic E-state index is 0.0757. The Hall–Kier alpha value is -3.29. The van der Waals surface area contributed by atoms with Gasteiger partial charge in [0.1, 0.15) is 11.3 Å². The van der Waals surface area contributed by atoms with E-state index in [1.165, 1.54) is 19.2 Å². The number of benzene rings is 2. The first-order valence-electron chi connectivity index (χ1n) is 8.57. The molecule has 142 valence electrons. The molecule has 8 heteroatoms. The Morgan fingerprint density at radius 1 is 1.33 bits per heavy atom. The normalized spacial score (nSPS) is 15.3. The number of para-hydroxylation sites is 1. The summed E-state index contributed by atoms with van der Waals surface area (Å²) in [5, 5.41) is 14.3. The smallest absolute Gasteiger partial charge is 0.286 e. The van der Waals surface area contributed by atoms with E-state index in [0.717, 1.165) is 5.56 Å². The van der Waals surface area contributed by atoms with Crippen LogP contribution in [0, 0.1) is 10.1 Å². The van der Waals surface area contributed by atoms with E-state index in [4.69, 9.17) is 14.2 Å². The maximum Gasteiger partial charge on any atom is 0.286 e. The highest BCUT2D eigenvalue weighted by Crippen LogP contribution is 2.36. The molecule has 0 saturated carbocycles. The molecule has 1 atom stereocenters. The standard InChI is InChI=1S/C19H20N2O6/c1-3-26-18-10-13(15(21(23)24)11-17(18)25-2)19(22)20-14-8-9-27-16-7-5-4-6-12(14)16/h4-7,10-11,14H,3,8-9H2,1-2H3,(H,20,22). The van der Waals surface area contributed by atoms with Gasteiger partial charge in [-0.3, -0.25) is 14.9 Å². The third kappa shape index (κ3) is 3.79. The van der Waals surface area contributed by atoms with Crippen LogP contribution in [0.3, 0.4) is 0 Å². The maximum absolute atomic E-state index is 12.9. The van der Waals surface area contributed by atoms with Crippen LogP contribution in [-0.2, 0) is 0 Å². The van der Waals surface area contributed by atoms with Crippen molar-refractivity contribution in [3.63, 3.8) is 0 Å². The lowest BCUT2D eigenvalue weighted by Gasteiger charge is -2.26. The highest BCUT2D eigenvalue weighted by Gasteiger charge is 2.28. The van der Waals surface area contributed by atoms with Gasteiger partial charge in [-0.1, -0.05) is 18.2 Å². The number of nitro groups is 1. The second-order valence-electron chi connectivity index (χ2n) is 5.91. The number of carbonyl (C=O) groups is 1. The van der Waals surface area contributed by atoms with Crippen molar-refractivity contribution in [1.29, 1.82) is 0 Å². The van der Waals surface area contributed by atoms with Crippen molar-refractivity contribution in [2.24, 2.45) is 0 Å². The second-order valence-corrected chi connectivity index (χ2v) is 5.91. The number of fused-ring (bicyclic) bond motifs is 1. The monoisotopic (exact) mass is 372 g/mol. The Labute approximate surface area is 156 Å². The summed E-state index contributed by atoms with van der Waals surface area (Å²) in [5.41, 5.74) is 0.430. The van der Waals surface area contributed by atoms with Crippen molar-refractivity contribution in [2.45, 2.75) is 19.4 Å². The number of amides is 1. The molecule has 2 aromatic rings. The number of methoxy groups -OCH3 is 1. The highest BCUT2D eigenvalue weighted by atomic mass is 16.6. The predicted molar refractivity (Wildman–Crippen MR) is 97.6 cm³/mol. The minimum Gasteiger partial charge on any atom is -0.493 e. The van der Waals surface area contributed by atoms with Gasteiger partial charge in [0.2, 0.25) is 0 Å². The predicted octanol–water partition coefficient (Wildman–Crippen LogP) is 3.26. The third-order valence-electron chi connectivity index (χ3n) is 4.29. The molecule has 0 bridgehead atoms. The van der Waals surface area contributed by atoms with Gasteiger partial charge in [0, 0.05) is 18.1 Å². The molecule has 0 saturated heterocycles. The molecule has 0 aromatic heterocycles. The Kier molecular flexibility index (Phi) is 5.44. The van der Waals surface area contributed by atoms with Gasteiger partial charge in [-0.2, -0.15) is 0 Å². The molecule has 1 amide bonds. The molecule has 1 unspecified atom stereocenters. The van der Waals surface area contributed by atoms with E-state index in [-0.39, 0.29) is 28.8 Å². The zero-order chi connectivity index (χ0) is 19.4. The van der Waals surface area contributed by atoms with Gasteiger partial charge < -0.3 is 19.5 Å².